The van der Waals surface area contributed by atoms with Gasteiger partial charge in [-0.3, -0.25) is 4.79 Å². The molecule has 0 spiro atoms. The molecule has 0 aliphatic carbocycles. The Bertz CT molecular complexity index is 194. The van der Waals surface area contributed by atoms with Crippen molar-refractivity contribution < 1.29 is 18.0 Å². The maximum Gasteiger partial charge on any atom is 0.408 e. The number of likely N-dealkylation sites (tertiary alicyclic amines) is 1. The molecular weight excluding hydrogens is 195 g/mol. The second-order valence-corrected chi connectivity index (χ2v) is 2.97. The average Bonchev–Trinajstić information content (AvgIpc) is 2.30. The quantitative estimate of drug-likeness (QED) is 0.435. The highest BCUT2D eigenvalue weighted by Gasteiger charge is 2.47. The summed E-state index contributed by atoms with van der Waals surface area (Å²) in [5.41, 5.74) is 0. The molecule has 0 aromatic rings. The van der Waals surface area contributed by atoms with Crippen LogP contribution < -0.4 is 0 Å². The van der Waals surface area contributed by atoms with Crippen LogP contribution >= 0.6 is 11.6 Å². The highest BCUT2D eigenvalue weighted by Crippen LogP contribution is 2.33. The molecule has 0 saturated carbocycles. The Labute approximate surface area is 72.3 Å². The lowest BCUT2D eigenvalue weighted by Gasteiger charge is -2.23. The van der Waals surface area contributed by atoms with Crippen molar-refractivity contribution in [3.63, 3.8) is 0 Å². The molecule has 6 heteroatoms. The van der Waals surface area contributed by atoms with E-state index in [0.29, 0.717) is 11.3 Å². The van der Waals surface area contributed by atoms with Crippen LogP contribution in [0.2, 0.25) is 0 Å². The first kappa shape index (κ1) is 9.64. The largest absolute Gasteiger partial charge is 0.408 e. The summed E-state index contributed by atoms with van der Waals surface area (Å²) in [6.07, 6.45) is -4.02. The van der Waals surface area contributed by atoms with Crippen LogP contribution in [0.1, 0.15) is 12.8 Å². The number of carbonyl (C=O) groups is 1. The number of hydrogen-bond acceptors (Lipinski definition) is 1. The molecule has 1 rings (SSSR count). The third kappa shape index (κ3) is 1.83. The Kier molecular flexibility index (Phi) is 2.51. The molecule has 1 saturated heterocycles. The fraction of sp³-hybridized carbons (Fsp3) is 0.833. The Morgan fingerprint density at radius 3 is 2.42 bits per heavy atom. The van der Waals surface area contributed by atoms with Crippen LogP contribution in [0.3, 0.4) is 0 Å². The van der Waals surface area contributed by atoms with Gasteiger partial charge >= 0.3 is 11.5 Å². The molecule has 1 aliphatic heterocycles. The van der Waals surface area contributed by atoms with Crippen molar-refractivity contribution in [2.75, 3.05) is 6.54 Å². The zero-order valence-electron chi connectivity index (χ0n) is 6.07. The van der Waals surface area contributed by atoms with Gasteiger partial charge < -0.3 is 4.90 Å². The van der Waals surface area contributed by atoms with Crippen LogP contribution in [0.4, 0.5) is 18.0 Å². The highest BCUT2D eigenvalue weighted by atomic mass is 35.5. The van der Waals surface area contributed by atoms with Crippen molar-refractivity contribution in [2.45, 2.75) is 25.1 Å². The van der Waals surface area contributed by atoms with E-state index < -0.39 is 17.6 Å². The highest BCUT2D eigenvalue weighted by molar-refractivity contribution is 6.62. The minimum absolute atomic E-state index is 0.0397. The maximum atomic E-state index is 12.1. The summed E-state index contributed by atoms with van der Waals surface area (Å²) in [6.45, 7) is 0.104. The Morgan fingerprint density at radius 2 is 2.08 bits per heavy atom. The second kappa shape index (κ2) is 3.12. The van der Waals surface area contributed by atoms with Gasteiger partial charge in [-0.05, 0) is 24.4 Å². The van der Waals surface area contributed by atoms with Crippen molar-refractivity contribution >= 4 is 17.0 Å². The summed E-state index contributed by atoms with van der Waals surface area (Å²) >= 11 is 4.97. The van der Waals surface area contributed by atoms with Crippen LogP contribution in [0.25, 0.3) is 0 Å². The van der Waals surface area contributed by atoms with E-state index in [-0.39, 0.29) is 13.0 Å². The van der Waals surface area contributed by atoms with Gasteiger partial charge in [0.05, 0.1) is 0 Å². The molecule has 1 fully saturated rings. The summed E-state index contributed by atoms with van der Waals surface area (Å²) in [6, 6.07) is -1.68. The van der Waals surface area contributed by atoms with E-state index in [0.717, 1.165) is 0 Å². The van der Waals surface area contributed by atoms with Gasteiger partial charge in [0.25, 0.3) is 0 Å². The van der Waals surface area contributed by atoms with Crippen molar-refractivity contribution in [1.29, 1.82) is 0 Å². The number of rotatable bonds is 0. The number of alkyl halides is 3. The number of carbonyl (C=O) groups excluding carboxylic acids is 1. The number of amides is 1. The first-order valence-corrected chi connectivity index (χ1v) is 3.83. The third-order valence-electron chi connectivity index (χ3n) is 1.86. The van der Waals surface area contributed by atoms with Gasteiger partial charge in [-0.25, -0.2) is 0 Å². The van der Waals surface area contributed by atoms with Gasteiger partial charge in [0.2, 0.25) is 0 Å². The minimum atomic E-state index is -4.35. The SMILES string of the molecule is O=C(Cl)N1CCCC1C(F)(F)F. The number of halogens is 4. The van der Waals surface area contributed by atoms with E-state index >= 15 is 0 Å². The van der Waals surface area contributed by atoms with E-state index in [4.69, 9.17) is 11.6 Å². The lowest BCUT2D eigenvalue weighted by atomic mass is 10.2. The summed E-state index contributed by atoms with van der Waals surface area (Å²) in [5, 5.41) is -1.02. The first-order valence-electron chi connectivity index (χ1n) is 3.46. The molecule has 2 nitrogen and oxygen atoms in total. The second-order valence-electron chi connectivity index (χ2n) is 2.65. The zero-order chi connectivity index (χ0) is 9.35. The lowest BCUT2D eigenvalue weighted by molar-refractivity contribution is -0.168. The molecule has 0 N–H and O–H groups in total. The van der Waals surface area contributed by atoms with Crippen LogP contribution in [-0.4, -0.2) is 29.0 Å². The molecule has 1 unspecified atom stereocenters. The molecule has 1 heterocycles. The van der Waals surface area contributed by atoms with Crippen molar-refractivity contribution in [1.82, 2.24) is 4.90 Å². The smallest absolute Gasteiger partial charge is 0.317 e. The van der Waals surface area contributed by atoms with Crippen molar-refractivity contribution in [3.8, 4) is 0 Å². The third-order valence-corrected chi connectivity index (χ3v) is 2.07. The Hall–Kier alpha value is -0.450. The molecule has 1 atom stereocenters. The fourth-order valence-electron chi connectivity index (χ4n) is 1.32. The molecule has 0 aromatic heterocycles. The van der Waals surface area contributed by atoms with Crippen LogP contribution in [0.15, 0.2) is 0 Å². The summed E-state index contributed by atoms with van der Waals surface area (Å²) in [7, 11) is 0. The number of hydrogen-bond donors (Lipinski definition) is 0. The van der Waals surface area contributed by atoms with Gasteiger partial charge in [-0.1, -0.05) is 0 Å². The average molecular weight is 202 g/mol. The van der Waals surface area contributed by atoms with E-state index in [2.05, 4.69) is 0 Å². The van der Waals surface area contributed by atoms with Gasteiger partial charge in [0.15, 0.2) is 0 Å². The zero-order valence-corrected chi connectivity index (χ0v) is 6.82. The molecular formula is C6H7ClF3NO. The summed E-state index contributed by atoms with van der Waals surface area (Å²) in [5.74, 6) is 0. The summed E-state index contributed by atoms with van der Waals surface area (Å²) < 4.78 is 36.4. The van der Waals surface area contributed by atoms with Crippen molar-refractivity contribution in [2.24, 2.45) is 0 Å². The molecule has 0 radical (unpaired) electrons. The standard InChI is InChI=1S/C6H7ClF3NO/c7-5(12)11-3-1-2-4(11)6(8,9)10/h4H,1-3H2. The summed E-state index contributed by atoms with van der Waals surface area (Å²) in [4.78, 5) is 11.1. The van der Waals surface area contributed by atoms with E-state index in [1.807, 2.05) is 0 Å². The van der Waals surface area contributed by atoms with Crippen LogP contribution in [0, 0.1) is 0 Å². The Balaban J connectivity index is 2.71. The van der Waals surface area contributed by atoms with E-state index in [1.54, 1.807) is 0 Å². The maximum absolute atomic E-state index is 12.1. The Morgan fingerprint density at radius 1 is 1.50 bits per heavy atom. The van der Waals surface area contributed by atoms with E-state index in [1.165, 1.54) is 0 Å². The lowest BCUT2D eigenvalue weighted by Crippen LogP contribution is -2.42. The molecule has 1 amide bonds. The molecule has 1 aliphatic rings. The normalized spacial score (nSPS) is 24.7. The van der Waals surface area contributed by atoms with Crippen LogP contribution in [0.5, 0.6) is 0 Å². The fourth-order valence-corrected chi connectivity index (χ4v) is 1.52. The topological polar surface area (TPSA) is 20.3 Å². The van der Waals surface area contributed by atoms with Gasteiger partial charge in [-0.15, -0.1) is 0 Å². The van der Waals surface area contributed by atoms with Gasteiger partial charge in [0.1, 0.15) is 6.04 Å². The molecule has 0 aromatic carbocycles. The molecule has 12 heavy (non-hydrogen) atoms. The van der Waals surface area contributed by atoms with E-state index in [9.17, 15) is 18.0 Å². The minimum Gasteiger partial charge on any atom is -0.317 e. The molecule has 0 bridgehead atoms. The molecule has 70 valence electrons. The van der Waals surface area contributed by atoms with Gasteiger partial charge in [-0.2, -0.15) is 13.2 Å². The van der Waals surface area contributed by atoms with Crippen LogP contribution in [-0.2, 0) is 0 Å². The predicted octanol–water partition coefficient (Wildman–Crippen LogP) is 2.37. The predicted molar refractivity (Wildman–Crippen MR) is 37.0 cm³/mol. The monoisotopic (exact) mass is 201 g/mol. The van der Waals surface area contributed by atoms with Crippen molar-refractivity contribution in [3.05, 3.63) is 0 Å². The first-order chi connectivity index (χ1) is 5.43. The number of nitrogens with zero attached hydrogens (tertiary/aromatic N) is 1. The van der Waals surface area contributed by atoms with Gasteiger partial charge in [0, 0.05) is 6.54 Å².